The summed E-state index contributed by atoms with van der Waals surface area (Å²) in [6.45, 7) is 0. The van der Waals surface area contributed by atoms with Gasteiger partial charge in [0.1, 0.15) is 0 Å². The number of nitrogens with zero attached hydrogens (tertiary/aromatic N) is 3. The highest BCUT2D eigenvalue weighted by Crippen LogP contribution is 2.28. The molecule has 0 unspecified atom stereocenters. The number of nitro groups is 1. The van der Waals surface area contributed by atoms with E-state index in [0.717, 1.165) is 5.56 Å². The second-order valence-electron chi connectivity index (χ2n) is 4.42. The van der Waals surface area contributed by atoms with Crippen LogP contribution in [0, 0.1) is 10.1 Å². The minimum absolute atomic E-state index is 0.0641. The number of nitrogens with one attached hydrogen (secondary N) is 2. The van der Waals surface area contributed by atoms with Gasteiger partial charge in [-0.3, -0.25) is 15.2 Å². The van der Waals surface area contributed by atoms with Crippen molar-refractivity contribution < 1.29 is 4.92 Å². The van der Waals surface area contributed by atoms with Crippen LogP contribution in [-0.2, 0) is 0 Å². The third-order valence-electron chi connectivity index (χ3n) is 2.94. The van der Waals surface area contributed by atoms with E-state index in [0.29, 0.717) is 16.5 Å². The molecular weight excluding hydrogens is 306 g/mol. The van der Waals surface area contributed by atoms with Crippen LogP contribution in [-0.4, -0.2) is 20.1 Å². The molecule has 0 amide bonds. The summed E-state index contributed by atoms with van der Waals surface area (Å²) in [5.74, 6) is 0.867. The van der Waals surface area contributed by atoms with Crippen molar-refractivity contribution in [3.05, 3.63) is 63.7 Å². The van der Waals surface area contributed by atoms with Crippen molar-refractivity contribution >= 4 is 28.9 Å². The van der Waals surface area contributed by atoms with Crippen molar-refractivity contribution in [3.63, 3.8) is 0 Å². The molecule has 0 aliphatic carbocycles. The predicted molar refractivity (Wildman–Crippen MR) is 83.2 cm³/mol. The van der Waals surface area contributed by atoms with Gasteiger partial charge in [-0.25, -0.2) is 0 Å². The number of non-ortho nitro benzene ring substituents is 1. The molecule has 0 radical (unpaired) electrons. The normalized spacial score (nSPS) is 10.4. The van der Waals surface area contributed by atoms with Gasteiger partial charge in [0, 0.05) is 17.7 Å². The molecule has 8 heteroatoms. The molecule has 110 valence electrons. The van der Waals surface area contributed by atoms with E-state index in [1.54, 1.807) is 0 Å². The number of nitro benzene ring substituents is 1. The highest BCUT2D eigenvalue weighted by molar-refractivity contribution is 6.33. The summed E-state index contributed by atoms with van der Waals surface area (Å²) in [5.41, 5.74) is 1.19. The van der Waals surface area contributed by atoms with Crippen LogP contribution >= 0.6 is 11.6 Å². The van der Waals surface area contributed by atoms with Gasteiger partial charge in [-0.05, 0) is 6.07 Å². The lowest BCUT2D eigenvalue weighted by Crippen LogP contribution is -1.95. The Kier molecular flexibility index (Phi) is 3.71. The van der Waals surface area contributed by atoms with Crippen LogP contribution < -0.4 is 5.32 Å². The molecule has 1 heterocycles. The molecule has 0 saturated heterocycles. The first-order valence-corrected chi connectivity index (χ1v) is 6.70. The minimum atomic E-state index is -0.491. The maximum Gasteiger partial charge on any atom is 0.271 e. The fraction of sp³-hybridized carbons (Fsp3) is 0. The smallest absolute Gasteiger partial charge is 0.271 e. The van der Waals surface area contributed by atoms with E-state index in [4.69, 9.17) is 11.6 Å². The fourth-order valence-corrected chi connectivity index (χ4v) is 2.05. The highest BCUT2D eigenvalue weighted by atomic mass is 35.5. The van der Waals surface area contributed by atoms with Crippen LogP contribution in [0.5, 0.6) is 0 Å². The number of aromatic nitrogens is 3. The lowest BCUT2D eigenvalue weighted by Gasteiger charge is -2.03. The Balaban J connectivity index is 1.87. The number of benzene rings is 2. The van der Waals surface area contributed by atoms with Crippen molar-refractivity contribution in [2.24, 2.45) is 0 Å². The van der Waals surface area contributed by atoms with Gasteiger partial charge in [0.15, 0.2) is 5.82 Å². The molecule has 0 aliphatic heterocycles. The van der Waals surface area contributed by atoms with E-state index in [2.05, 4.69) is 20.5 Å². The number of hydrogen-bond acceptors (Lipinski definition) is 5. The van der Waals surface area contributed by atoms with Crippen molar-refractivity contribution in [1.82, 2.24) is 15.2 Å². The molecule has 2 aromatic carbocycles. The summed E-state index contributed by atoms with van der Waals surface area (Å²) in [4.78, 5) is 14.6. The number of rotatable bonds is 4. The molecule has 0 atom stereocenters. The number of halogens is 1. The molecule has 3 rings (SSSR count). The minimum Gasteiger partial charge on any atom is -0.321 e. The van der Waals surface area contributed by atoms with Crippen LogP contribution in [0.2, 0.25) is 5.02 Å². The first-order valence-electron chi connectivity index (χ1n) is 6.32. The van der Waals surface area contributed by atoms with Gasteiger partial charge in [0.05, 0.1) is 15.6 Å². The third-order valence-corrected chi connectivity index (χ3v) is 3.27. The quantitative estimate of drug-likeness (QED) is 0.564. The van der Waals surface area contributed by atoms with Gasteiger partial charge >= 0.3 is 0 Å². The Morgan fingerprint density at radius 1 is 1.18 bits per heavy atom. The zero-order chi connectivity index (χ0) is 15.5. The van der Waals surface area contributed by atoms with Gasteiger partial charge in [-0.15, -0.1) is 5.10 Å². The second-order valence-corrected chi connectivity index (χ2v) is 4.83. The maximum absolute atomic E-state index is 10.8. The number of H-pyrrole nitrogens is 1. The van der Waals surface area contributed by atoms with Crippen LogP contribution in [0.25, 0.3) is 11.4 Å². The average molecular weight is 316 g/mol. The number of aromatic amines is 1. The Hall–Kier alpha value is -2.93. The van der Waals surface area contributed by atoms with Crippen molar-refractivity contribution in [2.45, 2.75) is 0 Å². The van der Waals surface area contributed by atoms with Crippen LogP contribution in [0.4, 0.5) is 17.3 Å². The molecular formula is C14H10ClN5O2. The van der Waals surface area contributed by atoms with E-state index >= 15 is 0 Å². The number of hydrogen-bond donors (Lipinski definition) is 2. The largest absolute Gasteiger partial charge is 0.321 e. The molecule has 0 fully saturated rings. The van der Waals surface area contributed by atoms with Crippen molar-refractivity contribution in [3.8, 4) is 11.4 Å². The monoisotopic (exact) mass is 315 g/mol. The van der Waals surface area contributed by atoms with Gasteiger partial charge in [0.25, 0.3) is 5.69 Å². The fourth-order valence-electron chi connectivity index (χ4n) is 1.89. The Morgan fingerprint density at radius 2 is 1.95 bits per heavy atom. The Bertz CT molecular complexity index is 819. The molecule has 0 saturated carbocycles. The number of anilines is 2. The summed E-state index contributed by atoms with van der Waals surface area (Å²) >= 11 is 6.02. The van der Waals surface area contributed by atoms with Gasteiger partial charge in [-0.1, -0.05) is 41.9 Å². The third kappa shape index (κ3) is 2.89. The summed E-state index contributed by atoms with van der Waals surface area (Å²) in [6, 6.07) is 13.6. The maximum atomic E-state index is 10.8. The van der Waals surface area contributed by atoms with Gasteiger partial charge in [-0.2, -0.15) is 4.98 Å². The van der Waals surface area contributed by atoms with Gasteiger partial charge < -0.3 is 5.32 Å². The van der Waals surface area contributed by atoms with E-state index in [1.165, 1.54) is 18.2 Å². The summed E-state index contributed by atoms with van der Waals surface area (Å²) in [7, 11) is 0. The zero-order valence-electron chi connectivity index (χ0n) is 11.2. The molecule has 0 aliphatic rings. The predicted octanol–water partition coefficient (Wildman–Crippen LogP) is 3.78. The summed E-state index contributed by atoms with van der Waals surface area (Å²) in [6.07, 6.45) is 0. The van der Waals surface area contributed by atoms with E-state index in [9.17, 15) is 10.1 Å². The van der Waals surface area contributed by atoms with Crippen LogP contribution in [0.1, 0.15) is 0 Å². The molecule has 0 spiro atoms. The topological polar surface area (TPSA) is 96.7 Å². The molecule has 7 nitrogen and oxygen atoms in total. The molecule has 1 aromatic heterocycles. The standard InChI is InChI=1S/C14H10ClN5O2/c15-11-7-6-10(20(21)22)8-12(11)16-14-17-13(18-19-14)9-4-2-1-3-5-9/h1-8H,(H2,16,17,18,19). The summed E-state index contributed by atoms with van der Waals surface area (Å²) in [5, 5.41) is 20.8. The molecule has 3 aromatic rings. The first-order chi connectivity index (χ1) is 10.6. The molecule has 0 bridgehead atoms. The van der Waals surface area contributed by atoms with Crippen molar-refractivity contribution in [1.29, 1.82) is 0 Å². The van der Waals surface area contributed by atoms with E-state index in [1.807, 2.05) is 30.3 Å². The SMILES string of the molecule is O=[N+]([O-])c1ccc(Cl)c(Nc2n[nH]c(-c3ccccc3)n2)c1. The lowest BCUT2D eigenvalue weighted by atomic mass is 10.2. The zero-order valence-corrected chi connectivity index (χ0v) is 11.9. The summed E-state index contributed by atoms with van der Waals surface area (Å²) < 4.78 is 0. The van der Waals surface area contributed by atoms with Gasteiger partial charge in [0.2, 0.25) is 5.95 Å². The second kappa shape index (κ2) is 5.82. The first kappa shape index (κ1) is 14.0. The average Bonchev–Trinajstić information content (AvgIpc) is 2.99. The highest BCUT2D eigenvalue weighted by Gasteiger charge is 2.12. The lowest BCUT2D eigenvalue weighted by molar-refractivity contribution is -0.384. The molecule has 22 heavy (non-hydrogen) atoms. The Morgan fingerprint density at radius 3 is 2.68 bits per heavy atom. The van der Waals surface area contributed by atoms with Crippen LogP contribution in [0.15, 0.2) is 48.5 Å². The van der Waals surface area contributed by atoms with E-state index < -0.39 is 4.92 Å². The van der Waals surface area contributed by atoms with E-state index in [-0.39, 0.29) is 11.6 Å². The molecule has 2 N–H and O–H groups in total. The van der Waals surface area contributed by atoms with Crippen molar-refractivity contribution in [2.75, 3.05) is 5.32 Å². The van der Waals surface area contributed by atoms with Crippen LogP contribution in [0.3, 0.4) is 0 Å². The Labute approximate surface area is 130 Å².